The summed E-state index contributed by atoms with van der Waals surface area (Å²) in [5.41, 5.74) is 1.28. The Morgan fingerprint density at radius 1 is 1.30 bits per heavy atom. The summed E-state index contributed by atoms with van der Waals surface area (Å²) >= 11 is 0. The Labute approximate surface area is 116 Å². The molecule has 2 aliphatic rings. The topological polar surface area (TPSA) is 79.5 Å². The summed E-state index contributed by atoms with van der Waals surface area (Å²) in [6, 6.07) is 4.93. The number of piperidine rings is 1. The number of para-hydroxylation sites is 1. The quantitative estimate of drug-likeness (QED) is 0.734. The van der Waals surface area contributed by atoms with Crippen LogP contribution in [0, 0.1) is 0 Å². The first kappa shape index (κ1) is 12.8. The van der Waals surface area contributed by atoms with Crippen molar-refractivity contribution < 1.29 is 14.3 Å². The van der Waals surface area contributed by atoms with Crippen LogP contribution in [0.1, 0.15) is 23.2 Å². The summed E-state index contributed by atoms with van der Waals surface area (Å²) < 4.78 is 5.57. The molecular formula is C14H17N3O3. The van der Waals surface area contributed by atoms with E-state index in [2.05, 4.69) is 16.0 Å². The third-order valence-corrected chi connectivity index (χ3v) is 3.51. The summed E-state index contributed by atoms with van der Waals surface area (Å²) in [4.78, 5) is 24.0. The van der Waals surface area contributed by atoms with Gasteiger partial charge in [-0.05, 0) is 25.0 Å². The van der Waals surface area contributed by atoms with E-state index in [9.17, 15) is 9.59 Å². The highest BCUT2D eigenvalue weighted by atomic mass is 16.5. The largest absolute Gasteiger partial charge is 0.489 e. The fraction of sp³-hybridized carbons (Fsp3) is 0.429. The highest BCUT2D eigenvalue weighted by molar-refractivity contribution is 6.01. The van der Waals surface area contributed by atoms with E-state index >= 15 is 0 Å². The van der Waals surface area contributed by atoms with Gasteiger partial charge >= 0.3 is 0 Å². The van der Waals surface area contributed by atoms with Gasteiger partial charge in [0.15, 0.2) is 5.75 Å². The van der Waals surface area contributed by atoms with Crippen LogP contribution in [-0.4, -0.2) is 37.6 Å². The molecule has 0 saturated carbocycles. The average Bonchev–Trinajstić information content (AvgIpc) is 2.49. The van der Waals surface area contributed by atoms with Gasteiger partial charge in [-0.15, -0.1) is 0 Å². The van der Waals surface area contributed by atoms with Gasteiger partial charge in [0.2, 0.25) is 5.91 Å². The standard InChI is InChI=1S/C14H17N3O3/c18-13(17-11-5-2-6-16-14(11)19)9-3-1-4-10-12(9)20-8-7-15-10/h1,3-4,11,15H,2,5-8H2,(H,16,19)(H,17,18). The molecule has 1 atom stereocenters. The number of anilines is 1. The number of carbonyl (C=O) groups is 2. The summed E-state index contributed by atoms with van der Waals surface area (Å²) in [6.07, 6.45) is 1.55. The molecule has 0 radical (unpaired) electrons. The van der Waals surface area contributed by atoms with Crippen molar-refractivity contribution in [2.45, 2.75) is 18.9 Å². The maximum atomic E-state index is 12.3. The van der Waals surface area contributed by atoms with Crippen LogP contribution in [0.2, 0.25) is 0 Å². The predicted octanol–water partition coefficient (Wildman–Crippen LogP) is 0.499. The number of amides is 2. The SMILES string of the molecule is O=C(NC1CCCNC1=O)c1cccc2c1OCCN2. The summed E-state index contributed by atoms with van der Waals surface area (Å²) in [6.45, 7) is 1.93. The van der Waals surface area contributed by atoms with Crippen molar-refractivity contribution in [2.75, 3.05) is 25.0 Å². The zero-order valence-corrected chi connectivity index (χ0v) is 11.1. The zero-order valence-electron chi connectivity index (χ0n) is 11.1. The van der Waals surface area contributed by atoms with Crippen LogP contribution in [0.25, 0.3) is 0 Å². The van der Waals surface area contributed by atoms with E-state index in [0.29, 0.717) is 30.9 Å². The van der Waals surface area contributed by atoms with Crippen LogP contribution < -0.4 is 20.7 Å². The number of fused-ring (bicyclic) bond motifs is 1. The maximum Gasteiger partial charge on any atom is 0.255 e. The normalized spacial score (nSPS) is 21.0. The molecule has 1 fully saturated rings. The number of benzene rings is 1. The van der Waals surface area contributed by atoms with Crippen LogP contribution in [-0.2, 0) is 4.79 Å². The molecular weight excluding hydrogens is 258 g/mol. The van der Waals surface area contributed by atoms with Gasteiger partial charge in [0.05, 0.1) is 11.3 Å². The minimum atomic E-state index is -0.455. The summed E-state index contributed by atoms with van der Waals surface area (Å²) in [5.74, 6) is 0.175. The van der Waals surface area contributed by atoms with Crippen molar-refractivity contribution in [1.29, 1.82) is 0 Å². The van der Waals surface area contributed by atoms with Crippen molar-refractivity contribution >= 4 is 17.5 Å². The molecule has 6 nitrogen and oxygen atoms in total. The molecule has 0 spiro atoms. The van der Waals surface area contributed by atoms with Gasteiger partial charge in [0, 0.05) is 13.1 Å². The van der Waals surface area contributed by atoms with Gasteiger partial charge in [0.1, 0.15) is 12.6 Å². The molecule has 3 N–H and O–H groups in total. The Balaban J connectivity index is 1.78. The molecule has 1 aromatic rings. The Bertz CT molecular complexity index is 544. The van der Waals surface area contributed by atoms with Crippen LogP contribution >= 0.6 is 0 Å². The second-order valence-electron chi connectivity index (χ2n) is 4.92. The average molecular weight is 275 g/mol. The van der Waals surface area contributed by atoms with Crippen LogP contribution in [0.4, 0.5) is 5.69 Å². The number of ether oxygens (including phenoxy) is 1. The fourth-order valence-electron chi connectivity index (χ4n) is 2.50. The fourth-order valence-corrected chi connectivity index (χ4v) is 2.50. The molecule has 2 aliphatic heterocycles. The molecule has 0 aromatic heterocycles. The monoisotopic (exact) mass is 275 g/mol. The lowest BCUT2D eigenvalue weighted by molar-refractivity contribution is -0.124. The molecule has 1 unspecified atom stereocenters. The second kappa shape index (κ2) is 5.40. The van der Waals surface area contributed by atoms with Crippen LogP contribution in [0.15, 0.2) is 18.2 Å². The van der Waals surface area contributed by atoms with Gasteiger partial charge in [0.25, 0.3) is 5.91 Å². The lowest BCUT2D eigenvalue weighted by Crippen LogP contribution is -2.50. The van der Waals surface area contributed by atoms with E-state index in [1.165, 1.54) is 0 Å². The highest BCUT2D eigenvalue weighted by Crippen LogP contribution is 2.31. The lowest BCUT2D eigenvalue weighted by Gasteiger charge is -2.25. The van der Waals surface area contributed by atoms with Crippen molar-refractivity contribution in [3.63, 3.8) is 0 Å². The van der Waals surface area contributed by atoms with Gasteiger partial charge in [-0.1, -0.05) is 6.07 Å². The Morgan fingerprint density at radius 2 is 2.20 bits per heavy atom. The third-order valence-electron chi connectivity index (χ3n) is 3.51. The van der Waals surface area contributed by atoms with Crippen molar-refractivity contribution in [3.8, 4) is 5.75 Å². The number of hydrogen-bond acceptors (Lipinski definition) is 4. The maximum absolute atomic E-state index is 12.3. The molecule has 0 aliphatic carbocycles. The van der Waals surface area contributed by atoms with Crippen LogP contribution in [0.3, 0.4) is 0 Å². The summed E-state index contributed by atoms with van der Waals surface area (Å²) in [7, 11) is 0. The van der Waals surface area contributed by atoms with Crippen molar-refractivity contribution in [1.82, 2.24) is 10.6 Å². The van der Waals surface area contributed by atoms with Crippen molar-refractivity contribution in [3.05, 3.63) is 23.8 Å². The molecule has 0 bridgehead atoms. The second-order valence-corrected chi connectivity index (χ2v) is 4.92. The smallest absolute Gasteiger partial charge is 0.255 e. The van der Waals surface area contributed by atoms with E-state index < -0.39 is 6.04 Å². The number of nitrogens with one attached hydrogen (secondary N) is 3. The zero-order chi connectivity index (χ0) is 13.9. The van der Waals surface area contributed by atoms with E-state index in [1.54, 1.807) is 12.1 Å². The molecule has 1 saturated heterocycles. The Kier molecular flexibility index (Phi) is 3.45. The molecule has 106 valence electrons. The van der Waals surface area contributed by atoms with E-state index in [-0.39, 0.29) is 11.8 Å². The number of rotatable bonds is 2. The molecule has 20 heavy (non-hydrogen) atoms. The molecule has 2 amide bonds. The molecule has 6 heteroatoms. The first-order valence-electron chi connectivity index (χ1n) is 6.84. The Hall–Kier alpha value is -2.24. The van der Waals surface area contributed by atoms with Gasteiger partial charge in [-0.25, -0.2) is 0 Å². The number of carbonyl (C=O) groups excluding carboxylic acids is 2. The minimum absolute atomic E-state index is 0.117. The highest BCUT2D eigenvalue weighted by Gasteiger charge is 2.26. The summed E-state index contributed by atoms with van der Waals surface area (Å²) in [5, 5.41) is 8.72. The molecule has 2 heterocycles. The van der Waals surface area contributed by atoms with E-state index in [1.807, 2.05) is 6.07 Å². The Morgan fingerprint density at radius 3 is 3.05 bits per heavy atom. The van der Waals surface area contributed by atoms with Gasteiger partial charge in [-0.3, -0.25) is 9.59 Å². The van der Waals surface area contributed by atoms with E-state index in [0.717, 1.165) is 18.7 Å². The van der Waals surface area contributed by atoms with E-state index in [4.69, 9.17) is 4.74 Å². The molecule has 3 rings (SSSR count). The predicted molar refractivity (Wildman–Crippen MR) is 73.9 cm³/mol. The van der Waals surface area contributed by atoms with Gasteiger partial charge < -0.3 is 20.7 Å². The van der Waals surface area contributed by atoms with Gasteiger partial charge in [-0.2, -0.15) is 0 Å². The van der Waals surface area contributed by atoms with Crippen molar-refractivity contribution in [2.24, 2.45) is 0 Å². The van der Waals surface area contributed by atoms with Crippen LogP contribution in [0.5, 0.6) is 5.75 Å². The first-order chi connectivity index (χ1) is 9.75. The third kappa shape index (κ3) is 2.41. The first-order valence-corrected chi connectivity index (χ1v) is 6.84. The molecule has 1 aromatic carbocycles. The minimum Gasteiger partial charge on any atom is -0.489 e. The lowest BCUT2D eigenvalue weighted by atomic mass is 10.1. The number of hydrogen-bond donors (Lipinski definition) is 3.